The molecule has 0 fully saturated rings. The van der Waals surface area contributed by atoms with Gasteiger partial charge in [0, 0.05) is 12.4 Å². The summed E-state index contributed by atoms with van der Waals surface area (Å²) in [5.74, 6) is 0.934. The van der Waals surface area contributed by atoms with Crippen LogP contribution < -0.4 is 4.84 Å². The van der Waals surface area contributed by atoms with E-state index in [9.17, 15) is 0 Å². The average Bonchev–Trinajstić information content (AvgIpc) is 2.64. The number of aromatic nitrogens is 1. The second-order valence-electron chi connectivity index (χ2n) is 3.36. The maximum atomic E-state index is 5.70. The lowest BCUT2D eigenvalue weighted by Crippen LogP contribution is -2.03. The van der Waals surface area contributed by atoms with Crippen molar-refractivity contribution >= 4 is 0 Å². The van der Waals surface area contributed by atoms with Gasteiger partial charge in [-0.3, -0.25) is 0 Å². The fraction of sp³-hybridized carbons (Fsp3) is 0.167. The summed E-state index contributed by atoms with van der Waals surface area (Å²) in [6, 6.07) is 10.0. The molecule has 0 amide bonds. The Morgan fingerprint density at radius 1 is 0.929 bits per heavy atom. The van der Waals surface area contributed by atoms with Gasteiger partial charge in [0.2, 0.25) is 0 Å². The zero-order valence-electron chi connectivity index (χ0n) is 8.40. The minimum absolute atomic E-state index is 0.934. The number of hydrogen-bond donors (Lipinski definition) is 0. The summed E-state index contributed by atoms with van der Waals surface area (Å²) in [6.45, 7) is 4.09. The Labute approximate surface area is 83.7 Å². The normalized spacial score (nSPS) is 10.1. The van der Waals surface area contributed by atoms with E-state index < -0.39 is 0 Å². The molecule has 2 aromatic rings. The first-order chi connectivity index (χ1) is 6.77. The predicted octanol–water partition coefficient (Wildman–Crippen LogP) is 2.95. The van der Waals surface area contributed by atoms with Crippen LogP contribution in [0.3, 0.4) is 0 Å². The lowest BCUT2D eigenvalue weighted by molar-refractivity contribution is 0.214. The van der Waals surface area contributed by atoms with Gasteiger partial charge in [-0.15, -0.1) is 0 Å². The molecule has 0 bridgehead atoms. The van der Waals surface area contributed by atoms with Crippen molar-refractivity contribution < 1.29 is 4.84 Å². The van der Waals surface area contributed by atoms with E-state index in [1.165, 1.54) is 0 Å². The van der Waals surface area contributed by atoms with Crippen molar-refractivity contribution in [1.82, 2.24) is 4.73 Å². The third-order valence-corrected chi connectivity index (χ3v) is 2.18. The zero-order valence-corrected chi connectivity index (χ0v) is 8.40. The van der Waals surface area contributed by atoms with Crippen molar-refractivity contribution in [2.75, 3.05) is 0 Å². The molecule has 0 aliphatic rings. The molecule has 0 saturated heterocycles. The fourth-order valence-electron chi connectivity index (χ4n) is 1.43. The maximum Gasteiger partial charge on any atom is 0.161 e. The summed E-state index contributed by atoms with van der Waals surface area (Å²) in [6.07, 6.45) is 3.76. The first-order valence-electron chi connectivity index (χ1n) is 4.65. The molecule has 14 heavy (non-hydrogen) atoms. The van der Waals surface area contributed by atoms with Crippen LogP contribution in [0.4, 0.5) is 0 Å². The van der Waals surface area contributed by atoms with Gasteiger partial charge in [0.05, 0.1) is 0 Å². The Hall–Kier alpha value is -1.70. The van der Waals surface area contributed by atoms with E-state index in [-0.39, 0.29) is 0 Å². The predicted molar refractivity (Wildman–Crippen MR) is 56.4 cm³/mol. The van der Waals surface area contributed by atoms with Gasteiger partial charge in [0.1, 0.15) is 0 Å². The molecule has 2 nitrogen and oxygen atoms in total. The van der Waals surface area contributed by atoms with E-state index in [2.05, 4.69) is 0 Å². The standard InChI is InChI=1S/C12H13NO/c1-10-6-5-7-11(2)12(10)14-13-8-3-4-9-13/h3-9H,1-2H3. The number of aryl methyl sites for hydroxylation is 2. The van der Waals surface area contributed by atoms with Crippen molar-refractivity contribution in [3.63, 3.8) is 0 Å². The Kier molecular flexibility index (Phi) is 2.27. The molecule has 1 aromatic carbocycles. The minimum atomic E-state index is 0.934. The first kappa shape index (κ1) is 8.88. The van der Waals surface area contributed by atoms with E-state index >= 15 is 0 Å². The van der Waals surface area contributed by atoms with Crippen molar-refractivity contribution in [1.29, 1.82) is 0 Å². The van der Waals surface area contributed by atoms with E-state index in [1.807, 2.05) is 56.6 Å². The zero-order chi connectivity index (χ0) is 9.97. The minimum Gasteiger partial charge on any atom is -0.375 e. The van der Waals surface area contributed by atoms with E-state index in [4.69, 9.17) is 4.84 Å². The Balaban J connectivity index is 2.33. The van der Waals surface area contributed by atoms with Gasteiger partial charge in [0.15, 0.2) is 5.75 Å². The summed E-state index contributed by atoms with van der Waals surface area (Å²) in [7, 11) is 0. The molecule has 0 radical (unpaired) electrons. The molecule has 72 valence electrons. The van der Waals surface area contributed by atoms with Crippen molar-refractivity contribution in [3.8, 4) is 5.75 Å². The molecule has 0 atom stereocenters. The Morgan fingerprint density at radius 2 is 1.50 bits per heavy atom. The van der Waals surface area contributed by atoms with E-state index in [0.29, 0.717) is 0 Å². The Bertz CT molecular complexity index is 398. The number of nitrogens with zero attached hydrogens (tertiary/aromatic N) is 1. The van der Waals surface area contributed by atoms with Gasteiger partial charge < -0.3 is 4.84 Å². The molecule has 0 aliphatic heterocycles. The van der Waals surface area contributed by atoms with E-state index in [1.54, 1.807) is 4.73 Å². The maximum absolute atomic E-state index is 5.70. The highest BCUT2D eigenvalue weighted by Gasteiger charge is 2.03. The number of hydrogen-bond acceptors (Lipinski definition) is 1. The third kappa shape index (κ3) is 1.64. The molecule has 0 unspecified atom stereocenters. The molecular formula is C12H13NO. The van der Waals surface area contributed by atoms with Crippen LogP contribution >= 0.6 is 0 Å². The van der Waals surface area contributed by atoms with Crippen LogP contribution in [0, 0.1) is 13.8 Å². The molecule has 0 aliphatic carbocycles. The third-order valence-electron chi connectivity index (χ3n) is 2.18. The molecule has 0 saturated carbocycles. The summed E-state index contributed by atoms with van der Waals surface area (Å²) < 4.78 is 1.70. The lowest BCUT2D eigenvalue weighted by atomic mass is 10.1. The molecule has 1 aromatic heterocycles. The second kappa shape index (κ2) is 3.58. The topological polar surface area (TPSA) is 14.2 Å². The molecule has 1 heterocycles. The number of rotatable bonds is 2. The van der Waals surface area contributed by atoms with Gasteiger partial charge in [-0.05, 0) is 37.1 Å². The van der Waals surface area contributed by atoms with Crippen LogP contribution in [0.15, 0.2) is 42.7 Å². The number of benzene rings is 1. The second-order valence-corrected chi connectivity index (χ2v) is 3.36. The van der Waals surface area contributed by atoms with Crippen LogP contribution in [0.5, 0.6) is 5.75 Å². The monoisotopic (exact) mass is 187 g/mol. The van der Waals surface area contributed by atoms with Crippen LogP contribution in [-0.2, 0) is 0 Å². The first-order valence-corrected chi connectivity index (χ1v) is 4.65. The van der Waals surface area contributed by atoms with Gasteiger partial charge >= 0.3 is 0 Å². The highest BCUT2D eigenvalue weighted by Crippen LogP contribution is 2.22. The molecule has 0 spiro atoms. The largest absolute Gasteiger partial charge is 0.375 e. The van der Waals surface area contributed by atoms with Crippen molar-refractivity contribution in [2.45, 2.75) is 13.8 Å². The Morgan fingerprint density at radius 3 is 2.07 bits per heavy atom. The van der Waals surface area contributed by atoms with Crippen LogP contribution in [-0.4, -0.2) is 4.73 Å². The molecule has 0 N–H and O–H groups in total. The van der Waals surface area contributed by atoms with Crippen LogP contribution in [0.25, 0.3) is 0 Å². The molecule has 2 rings (SSSR count). The fourth-order valence-corrected chi connectivity index (χ4v) is 1.43. The van der Waals surface area contributed by atoms with Crippen LogP contribution in [0.2, 0.25) is 0 Å². The van der Waals surface area contributed by atoms with Gasteiger partial charge in [-0.2, -0.15) is 4.73 Å². The van der Waals surface area contributed by atoms with Crippen molar-refractivity contribution in [3.05, 3.63) is 53.9 Å². The van der Waals surface area contributed by atoms with Crippen molar-refractivity contribution in [2.24, 2.45) is 0 Å². The van der Waals surface area contributed by atoms with Gasteiger partial charge in [0.25, 0.3) is 0 Å². The van der Waals surface area contributed by atoms with Crippen LogP contribution in [0.1, 0.15) is 11.1 Å². The van der Waals surface area contributed by atoms with Gasteiger partial charge in [-0.1, -0.05) is 18.2 Å². The summed E-state index contributed by atoms with van der Waals surface area (Å²) in [5, 5.41) is 0. The molecular weight excluding hydrogens is 174 g/mol. The van der Waals surface area contributed by atoms with Gasteiger partial charge in [-0.25, -0.2) is 0 Å². The highest BCUT2D eigenvalue weighted by atomic mass is 16.7. The van der Waals surface area contributed by atoms with E-state index in [0.717, 1.165) is 16.9 Å². The SMILES string of the molecule is Cc1cccc(C)c1On1cccc1. The summed E-state index contributed by atoms with van der Waals surface area (Å²) in [4.78, 5) is 5.70. The smallest absolute Gasteiger partial charge is 0.161 e. The highest BCUT2D eigenvalue weighted by molar-refractivity contribution is 5.39. The lowest BCUT2D eigenvalue weighted by Gasteiger charge is -2.10. The number of para-hydroxylation sites is 1. The average molecular weight is 187 g/mol. The molecule has 2 heteroatoms. The quantitative estimate of drug-likeness (QED) is 0.705. The summed E-state index contributed by atoms with van der Waals surface area (Å²) >= 11 is 0. The summed E-state index contributed by atoms with van der Waals surface area (Å²) in [5.41, 5.74) is 2.30.